The molecule has 20 heavy (non-hydrogen) atoms. The summed E-state index contributed by atoms with van der Waals surface area (Å²) in [5.74, 6) is 1.10. The van der Waals surface area contributed by atoms with E-state index in [4.69, 9.17) is 5.11 Å². The van der Waals surface area contributed by atoms with Gasteiger partial charge in [0.2, 0.25) is 0 Å². The van der Waals surface area contributed by atoms with Gasteiger partial charge >= 0.3 is 6.03 Å². The molecular weight excluding hydrogens is 272 g/mol. The summed E-state index contributed by atoms with van der Waals surface area (Å²) in [6.07, 6.45) is 3.65. The Labute approximate surface area is 125 Å². The summed E-state index contributed by atoms with van der Waals surface area (Å²) < 4.78 is 0. The number of aryl methyl sites for hydroxylation is 1. The molecule has 3 N–H and O–H groups in total. The van der Waals surface area contributed by atoms with E-state index < -0.39 is 5.54 Å². The van der Waals surface area contributed by atoms with Crippen LogP contribution >= 0.6 is 11.8 Å². The van der Waals surface area contributed by atoms with Gasteiger partial charge in [-0.3, -0.25) is 0 Å². The van der Waals surface area contributed by atoms with Crippen LogP contribution in [0, 0.1) is 0 Å². The van der Waals surface area contributed by atoms with Crippen LogP contribution in [0.3, 0.4) is 0 Å². The highest BCUT2D eigenvalue weighted by atomic mass is 32.2. The topological polar surface area (TPSA) is 61.4 Å². The van der Waals surface area contributed by atoms with Crippen molar-refractivity contribution < 1.29 is 9.90 Å². The van der Waals surface area contributed by atoms with E-state index in [1.165, 1.54) is 5.56 Å². The minimum absolute atomic E-state index is 0.0530. The van der Waals surface area contributed by atoms with Crippen LogP contribution in [0.15, 0.2) is 24.3 Å². The van der Waals surface area contributed by atoms with Crippen LogP contribution in [-0.4, -0.2) is 35.3 Å². The number of amides is 2. The molecule has 0 aliphatic carbocycles. The third-order valence-electron chi connectivity index (χ3n) is 3.00. The van der Waals surface area contributed by atoms with Gasteiger partial charge in [0.15, 0.2) is 0 Å². The second kappa shape index (κ2) is 8.17. The van der Waals surface area contributed by atoms with Crippen LogP contribution in [0.4, 0.5) is 10.5 Å². The van der Waals surface area contributed by atoms with E-state index in [0.29, 0.717) is 6.42 Å². The number of benzene rings is 1. The predicted molar refractivity (Wildman–Crippen MR) is 86.5 cm³/mol. The lowest BCUT2D eigenvalue weighted by Crippen LogP contribution is -2.46. The molecule has 0 spiro atoms. The average molecular weight is 296 g/mol. The molecule has 0 saturated heterocycles. The first kappa shape index (κ1) is 16.9. The molecule has 0 aliphatic rings. The van der Waals surface area contributed by atoms with Crippen molar-refractivity contribution in [2.24, 2.45) is 0 Å². The zero-order chi connectivity index (χ0) is 15.0. The van der Waals surface area contributed by atoms with E-state index in [-0.39, 0.29) is 12.6 Å². The fraction of sp³-hybridized carbons (Fsp3) is 0.533. The molecule has 1 aromatic carbocycles. The number of aliphatic hydroxyl groups is 1. The number of thioether (sulfide) groups is 1. The Hall–Kier alpha value is -1.20. The molecule has 0 unspecified atom stereocenters. The summed E-state index contributed by atoms with van der Waals surface area (Å²) >= 11 is 1.82. The van der Waals surface area contributed by atoms with E-state index in [1.807, 2.05) is 49.9 Å². The zero-order valence-electron chi connectivity index (χ0n) is 12.4. The monoisotopic (exact) mass is 296 g/mol. The molecule has 5 heteroatoms. The molecule has 112 valence electrons. The Kier molecular flexibility index (Phi) is 6.88. The molecule has 0 bridgehead atoms. The van der Waals surface area contributed by atoms with Crippen molar-refractivity contribution in [1.82, 2.24) is 5.32 Å². The summed E-state index contributed by atoms with van der Waals surface area (Å²) in [5, 5.41) is 14.6. The number of carbonyl (C=O) groups excluding carboxylic acids is 1. The average Bonchev–Trinajstić information content (AvgIpc) is 2.37. The lowest BCUT2D eigenvalue weighted by Gasteiger charge is -2.25. The first-order valence-electron chi connectivity index (χ1n) is 6.75. The van der Waals surface area contributed by atoms with Gasteiger partial charge in [0, 0.05) is 17.8 Å². The highest BCUT2D eigenvalue weighted by Gasteiger charge is 2.19. The van der Waals surface area contributed by atoms with E-state index in [1.54, 1.807) is 0 Å². The molecule has 2 amide bonds. The largest absolute Gasteiger partial charge is 0.396 e. The number of nitrogens with one attached hydrogen (secondary N) is 2. The first-order valence-corrected chi connectivity index (χ1v) is 8.14. The summed E-state index contributed by atoms with van der Waals surface area (Å²) in [6.45, 7) is 3.82. The van der Waals surface area contributed by atoms with E-state index in [9.17, 15) is 4.79 Å². The van der Waals surface area contributed by atoms with Gasteiger partial charge in [0.1, 0.15) is 0 Å². The molecule has 4 nitrogen and oxygen atoms in total. The predicted octanol–water partition coefficient (Wildman–Crippen LogP) is 2.87. The standard InChI is InChI=1S/C15H24N2O2S/c1-15(2,9-10-18)17-14(19)16-13-6-4-12(5-7-13)8-11-20-3/h4-7,18H,8-11H2,1-3H3,(H2,16,17,19). The lowest BCUT2D eigenvalue weighted by atomic mass is 10.0. The van der Waals surface area contributed by atoms with Crippen molar-refractivity contribution in [2.45, 2.75) is 32.2 Å². The second-order valence-electron chi connectivity index (χ2n) is 5.38. The molecule has 1 aromatic rings. The molecule has 0 heterocycles. The Morgan fingerprint density at radius 1 is 1.30 bits per heavy atom. The summed E-state index contributed by atoms with van der Waals surface area (Å²) in [6, 6.07) is 7.64. The Morgan fingerprint density at radius 3 is 2.50 bits per heavy atom. The Balaban J connectivity index is 2.49. The minimum Gasteiger partial charge on any atom is -0.396 e. The summed E-state index contributed by atoms with van der Waals surface area (Å²) in [7, 11) is 0. The van der Waals surface area contributed by atoms with Crippen LogP contribution in [0.25, 0.3) is 0 Å². The Bertz CT molecular complexity index is 418. The number of rotatable bonds is 7. The summed E-state index contributed by atoms with van der Waals surface area (Å²) in [5.41, 5.74) is 1.62. The molecule has 0 radical (unpaired) electrons. The fourth-order valence-corrected chi connectivity index (χ4v) is 2.23. The number of carbonyl (C=O) groups is 1. The van der Waals surface area contributed by atoms with Gasteiger partial charge in [-0.1, -0.05) is 12.1 Å². The SMILES string of the molecule is CSCCc1ccc(NC(=O)NC(C)(C)CCO)cc1. The van der Waals surface area contributed by atoms with Gasteiger partial charge in [-0.15, -0.1) is 0 Å². The Morgan fingerprint density at radius 2 is 1.95 bits per heavy atom. The fourth-order valence-electron chi connectivity index (χ4n) is 1.79. The molecule has 0 aliphatic heterocycles. The number of hydrogen-bond acceptors (Lipinski definition) is 3. The van der Waals surface area contributed by atoms with Gasteiger partial charge < -0.3 is 15.7 Å². The molecule has 0 saturated carbocycles. The maximum Gasteiger partial charge on any atom is 0.319 e. The molecule has 0 fully saturated rings. The van der Waals surface area contributed by atoms with E-state index >= 15 is 0 Å². The summed E-state index contributed by atoms with van der Waals surface area (Å²) in [4.78, 5) is 11.9. The number of aliphatic hydroxyl groups excluding tert-OH is 1. The van der Waals surface area contributed by atoms with Crippen LogP contribution in [0.1, 0.15) is 25.8 Å². The van der Waals surface area contributed by atoms with Gasteiger partial charge in [-0.25, -0.2) is 4.79 Å². The zero-order valence-corrected chi connectivity index (χ0v) is 13.2. The maximum atomic E-state index is 11.9. The number of urea groups is 1. The highest BCUT2D eigenvalue weighted by molar-refractivity contribution is 7.98. The lowest BCUT2D eigenvalue weighted by molar-refractivity contribution is 0.218. The number of hydrogen-bond donors (Lipinski definition) is 3. The third kappa shape index (κ3) is 6.30. The normalized spacial score (nSPS) is 11.2. The van der Waals surface area contributed by atoms with Gasteiger partial charge in [-0.05, 0) is 56.4 Å². The molecule has 0 aromatic heterocycles. The molecular formula is C15H24N2O2S. The first-order chi connectivity index (χ1) is 9.46. The smallest absolute Gasteiger partial charge is 0.319 e. The number of anilines is 1. The van der Waals surface area contributed by atoms with E-state index in [0.717, 1.165) is 17.9 Å². The quantitative estimate of drug-likeness (QED) is 0.725. The van der Waals surface area contributed by atoms with Crippen molar-refractivity contribution in [3.05, 3.63) is 29.8 Å². The van der Waals surface area contributed by atoms with Crippen LogP contribution in [-0.2, 0) is 6.42 Å². The highest BCUT2D eigenvalue weighted by Crippen LogP contribution is 2.12. The molecule has 0 atom stereocenters. The second-order valence-corrected chi connectivity index (χ2v) is 6.36. The van der Waals surface area contributed by atoms with Crippen LogP contribution < -0.4 is 10.6 Å². The van der Waals surface area contributed by atoms with Crippen molar-refractivity contribution in [2.75, 3.05) is 23.9 Å². The minimum atomic E-state index is -0.420. The van der Waals surface area contributed by atoms with Crippen LogP contribution in [0.2, 0.25) is 0 Å². The van der Waals surface area contributed by atoms with Crippen molar-refractivity contribution in [3.63, 3.8) is 0 Å². The van der Waals surface area contributed by atoms with Crippen molar-refractivity contribution in [1.29, 1.82) is 0 Å². The van der Waals surface area contributed by atoms with Gasteiger partial charge in [0.25, 0.3) is 0 Å². The molecule has 1 rings (SSSR count). The van der Waals surface area contributed by atoms with Gasteiger partial charge in [-0.2, -0.15) is 11.8 Å². The third-order valence-corrected chi connectivity index (χ3v) is 3.61. The van der Waals surface area contributed by atoms with Crippen molar-refractivity contribution >= 4 is 23.5 Å². The van der Waals surface area contributed by atoms with Crippen LogP contribution in [0.5, 0.6) is 0 Å². The van der Waals surface area contributed by atoms with E-state index in [2.05, 4.69) is 16.9 Å². The van der Waals surface area contributed by atoms with Gasteiger partial charge in [0.05, 0.1) is 0 Å². The maximum absolute atomic E-state index is 11.9. The van der Waals surface area contributed by atoms with Crippen molar-refractivity contribution in [3.8, 4) is 0 Å².